The van der Waals surface area contributed by atoms with Crippen molar-refractivity contribution in [3.05, 3.63) is 23.5 Å². The summed E-state index contributed by atoms with van der Waals surface area (Å²) in [6.07, 6.45) is 4.68. The van der Waals surface area contributed by atoms with E-state index >= 15 is 0 Å². The lowest BCUT2D eigenvalue weighted by Crippen LogP contribution is -2.49. The zero-order valence-electron chi connectivity index (χ0n) is 15.4. The van der Waals surface area contributed by atoms with E-state index < -0.39 is 21.9 Å². The second kappa shape index (κ2) is 7.20. The van der Waals surface area contributed by atoms with Crippen LogP contribution in [0.15, 0.2) is 23.5 Å². The maximum Gasteiger partial charge on any atom is 0.329 e. The van der Waals surface area contributed by atoms with Crippen LogP contribution in [-0.2, 0) is 14.3 Å². The first kappa shape index (κ1) is 20.9. The molecule has 3 aliphatic rings. The minimum Gasteiger partial charge on any atom is -0.490 e. The van der Waals surface area contributed by atoms with Gasteiger partial charge in [-0.05, 0) is 12.5 Å². The summed E-state index contributed by atoms with van der Waals surface area (Å²) in [5.41, 5.74) is -0.0353. The number of allylic oxidation sites excluding steroid dienone is 2. The molecule has 0 radical (unpaired) electrons. The van der Waals surface area contributed by atoms with Crippen molar-refractivity contribution < 1.29 is 23.1 Å². The first-order valence-corrected chi connectivity index (χ1v) is 9.83. The van der Waals surface area contributed by atoms with Crippen LogP contribution in [-0.4, -0.2) is 52.4 Å². The molecule has 0 spiro atoms. The first-order valence-electron chi connectivity index (χ1n) is 8.75. The Kier molecular flexibility index (Phi) is 5.36. The van der Waals surface area contributed by atoms with Gasteiger partial charge in [-0.1, -0.05) is 12.2 Å². The molecular formula is C18H21F2IN4O3. The van der Waals surface area contributed by atoms with Crippen molar-refractivity contribution in [3.8, 4) is 0 Å². The van der Waals surface area contributed by atoms with Gasteiger partial charge in [0.1, 0.15) is 11.6 Å². The second-order valence-corrected chi connectivity index (χ2v) is 8.99. The number of amidine groups is 1. The van der Waals surface area contributed by atoms with Crippen LogP contribution in [0.1, 0.15) is 13.8 Å². The predicted molar refractivity (Wildman–Crippen MR) is 107 cm³/mol. The van der Waals surface area contributed by atoms with E-state index in [0.717, 1.165) is 28.2 Å². The number of halogens is 3. The molecule has 1 aliphatic heterocycles. The van der Waals surface area contributed by atoms with Crippen molar-refractivity contribution in [1.29, 1.82) is 10.8 Å². The van der Waals surface area contributed by atoms with Crippen LogP contribution < -0.4 is 5.32 Å². The Labute approximate surface area is 174 Å². The highest BCUT2D eigenvalue weighted by atomic mass is 127. The number of rotatable bonds is 8. The zero-order valence-corrected chi connectivity index (χ0v) is 17.5. The molecule has 10 heteroatoms. The van der Waals surface area contributed by atoms with Gasteiger partial charge >= 0.3 is 3.93 Å². The van der Waals surface area contributed by atoms with Crippen molar-refractivity contribution in [1.82, 2.24) is 10.2 Å². The Morgan fingerprint density at radius 3 is 2.79 bits per heavy atom. The summed E-state index contributed by atoms with van der Waals surface area (Å²) < 4.78 is 28.3. The summed E-state index contributed by atoms with van der Waals surface area (Å²) in [5.74, 6) is -1.23. The molecule has 3 N–H and O–H groups in total. The molecule has 7 nitrogen and oxygen atoms in total. The quantitative estimate of drug-likeness (QED) is 0.155. The monoisotopic (exact) mass is 506 g/mol. The number of carbonyl (C=O) groups excluding carboxylic acids is 2. The number of nitrogens with one attached hydrogen (secondary N) is 3. The van der Waals surface area contributed by atoms with Crippen molar-refractivity contribution in [2.75, 3.05) is 19.7 Å². The van der Waals surface area contributed by atoms with Crippen LogP contribution in [0.4, 0.5) is 8.78 Å². The van der Waals surface area contributed by atoms with E-state index in [9.17, 15) is 18.4 Å². The average molecular weight is 506 g/mol. The third-order valence-corrected chi connectivity index (χ3v) is 5.77. The molecule has 152 valence electrons. The number of nitrogens with zero attached hydrogens (tertiary/aromatic N) is 1. The normalized spacial score (nSPS) is 29.2. The fraction of sp³-hybridized carbons (Fsp3) is 0.556. The molecule has 1 saturated heterocycles. The van der Waals surface area contributed by atoms with Crippen molar-refractivity contribution in [2.45, 2.75) is 17.8 Å². The lowest BCUT2D eigenvalue weighted by Gasteiger charge is -2.35. The molecule has 0 saturated carbocycles. The number of ether oxygens (including phenoxy) is 1. The van der Waals surface area contributed by atoms with Gasteiger partial charge in [0.2, 0.25) is 11.8 Å². The third-order valence-electron chi connectivity index (χ3n) is 5.46. The van der Waals surface area contributed by atoms with Crippen LogP contribution >= 0.6 is 22.6 Å². The molecular weight excluding hydrogens is 485 g/mol. The molecule has 28 heavy (non-hydrogen) atoms. The third kappa shape index (κ3) is 3.70. The van der Waals surface area contributed by atoms with E-state index in [-0.39, 0.29) is 42.6 Å². The lowest BCUT2D eigenvalue weighted by atomic mass is 9.68. The summed E-state index contributed by atoms with van der Waals surface area (Å²) >= 11 is 1.01. The van der Waals surface area contributed by atoms with Crippen molar-refractivity contribution in [2.24, 2.45) is 23.2 Å². The molecule has 1 fully saturated rings. The molecule has 2 amide bonds. The SMILES string of the molecule is CC(=O)NC(=N)[C@]12C=CC1C(=O)N(CC(C=N)C1C(C)=C1OCC(F)(F)I)C2. The van der Waals surface area contributed by atoms with Crippen LogP contribution in [0.25, 0.3) is 0 Å². The number of amides is 2. The first-order chi connectivity index (χ1) is 13.0. The van der Waals surface area contributed by atoms with Crippen molar-refractivity contribution >= 4 is 46.5 Å². The second-order valence-electron chi connectivity index (χ2n) is 7.41. The Balaban J connectivity index is 1.64. The highest BCUT2D eigenvalue weighted by molar-refractivity contribution is 14.1. The van der Waals surface area contributed by atoms with E-state index in [1.165, 1.54) is 13.1 Å². The van der Waals surface area contributed by atoms with E-state index in [2.05, 4.69) is 5.32 Å². The molecule has 4 atom stereocenters. The molecule has 2 aliphatic carbocycles. The van der Waals surface area contributed by atoms with Gasteiger partial charge < -0.3 is 20.4 Å². The average Bonchev–Trinajstić information content (AvgIpc) is 3.14. The topological polar surface area (TPSA) is 106 Å². The van der Waals surface area contributed by atoms with Gasteiger partial charge in [-0.3, -0.25) is 15.0 Å². The predicted octanol–water partition coefficient (Wildman–Crippen LogP) is 2.33. The number of hydrogen-bond acceptors (Lipinski definition) is 5. The molecule has 0 aromatic rings. The molecule has 0 aromatic heterocycles. The van der Waals surface area contributed by atoms with Gasteiger partial charge in [0.15, 0.2) is 6.61 Å². The standard InChI is InChI=1S/C18H21F2IN4O3/c1-9-13(14(9)28-8-18(19,20)21)11(5-22)6-25-7-17(16(23)24-10(2)26)4-3-12(17)15(25)27/h3-5,11-13,22H,6-8H2,1-2H3,(H2,23,24,26)/t11?,12?,13?,17-/m0/s1. The lowest BCUT2D eigenvalue weighted by molar-refractivity contribution is -0.130. The van der Waals surface area contributed by atoms with Gasteiger partial charge in [-0.25, -0.2) is 0 Å². The Morgan fingerprint density at radius 2 is 2.29 bits per heavy atom. The van der Waals surface area contributed by atoms with Gasteiger partial charge in [0.25, 0.3) is 0 Å². The Hall–Kier alpha value is -1.85. The molecule has 3 rings (SSSR count). The fourth-order valence-electron chi connectivity index (χ4n) is 3.95. The maximum absolute atomic E-state index is 13.0. The largest absolute Gasteiger partial charge is 0.490 e. The number of hydrogen-bond donors (Lipinski definition) is 3. The van der Waals surface area contributed by atoms with Crippen LogP contribution in [0.5, 0.6) is 0 Å². The number of fused-ring (bicyclic) bond motifs is 1. The maximum atomic E-state index is 13.0. The number of likely N-dealkylation sites (tertiary alicyclic amines) is 1. The summed E-state index contributed by atoms with van der Waals surface area (Å²) in [6, 6.07) is 0. The zero-order chi connectivity index (χ0) is 20.9. The Bertz CT molecular complexity index is 807. The van der Waals surface area contributed by atoms with E-state index in [1.807, 2.05) is 0 Å². The van der Waals surface area contributed by atoms with Crippen LogP contribution in [0, 0.1) is 34.0 Å². The van der Waals surface area contributed by atoms with Gasteiger partial charge in [0, 0.05) is 54.7 Å². The highest BCUT2D eigenvalue weighted by Crippen LogP contribution is 2.49. The minimum atomic E-state index is -2.97. The molecule has 1 heterocycles. The van der Waals surface area contributed by atoms with E-state index in [4.69, 9.17) is 15.6 Å². The summed E-state index contributed by atoms with van der Waals surface area (Å²) in [6.45, 7) is 2.82. The van der Waals surface area contributed by atoms with E-state index in [1.54, 1.807) is 24.0 Å². The minimum absolute atomic E-state index is 0.0104. The van der Waals surface area contributed by atoms with E-state index in [0.29, 0.717) is 5.76 Å². The van der Waals surface area contributed by atoms with Gasteiger partial charge in [-0.2, -0.15) is 8.78 Å². The molecule has 3 unspecified atom stereocenters. The Morgan fingerprint density at radius 1 is 1.61 bits per heavy atom. The summed E-state index contributed by atoms with van der Waals surface area (Å²) in [7, 11) is 0. The molecule has 0 bridgehead atoms. The molecule has 0 aromatic carbocycles. The summed E-state index contributed by atoms with van der Waals surface area (Å²) in [5, 5.41) is 18.4. The number of alkyl halides is 3. The van der Waals surface area contributed by atoms with Crippen LogP contribution in [0.2, 0.25) is 0 Å². The van der Waals surface area contributed by atoms with Crippen LogP contribution in [0.3, 0.4) is 0 Å². The smallest absolute Gasteiger partial charge is 0.329 e. The fourth-order valence-corrected chi connectivity index (χ4v) is 4.10. The van der Waals surface area contributed by atoms with Gasteiger partial charge in [0.05, 0.1) is 17.3 Å². The number of carbonyl (C=O) groups is 2. The highest BCUT2D eigenvalue weighted by Gasteiger charge is 2.58. The van der Waals surface area contributed by atoms with Crippen molar-refractivity contribution in [3.63, 3.8) is 0 Å². The van der Waals surface area contributed by atoms with Gasteiger partial charge in [-0.15, -0.1) is 0 Å². The summed E-state index contributed by atoms with van der Waals surface area (Å²) in [4.78, 5) is 25.6.